The Kier molecular flexibility index (Phi) is 23.9. The summed E-state index contributed by atoms with van der Waals surface area (Å²) in [6.07, 6.45) is 23.0. The summed E-state index contributed by atoms with van der Waals surface area (Å²) in [6, 6.07) is 0. The van der Waals surface area contributed by atoms with Gasteiger partial charge in [-0.2, -0.15) is 0 Å². The third-order valence-corrected chi connectivity index (χ3v) is 6.85. The molecule has 0 aliphatic rings. The van der Waals surface area contributed by atoms with E-state index in [4.69, 9.17) is 9.47 Å². The van der Waals surface area contributed by atoms with Crippen LogP contribution in [0, 0.1) is 11.8 Å². The van der Waals surface area contributed by atoms with Crippen LogP contribution in [0.3, 0.4) is 0 Å². The molecular formula is C31H60O4. The highest BCUT2D eigenvalue weighted by Gasteiger charge is 2.21. The van der Waals surface area contributed by atoms with E-state index in [0.717, 1.165) is 44.9 Å². The Morgan fingerprint density at radius 1 is 0.514 bits per heavy atom. The highest BCUT2D eigenvalue weighted by molar-refractivity contribution is 5.69. The first-order chi connectivity index (χ1) is 16.9. The van der Waals surface area contributed by atoms with Gasteiger partial charge in [-0.3, -0.25) is 9.59 Å². The average Bonchev–Trinajstić information content (AvgIpc) is 2.81. The number of hydrogen-bond donors (Lipinski definition) is 0. The van der Waals surface area contributed by atoms with Crippen LogP contribution >= 0.6 is 0 Å². The van der Waals surface area contributed by atoms with Gasteiger partial charge >= 0.3 is 11.9 Å². The van der Waals surface area contributed by atoms with Gasteiger partial charge in [-0.25, -0.2) is 0 Å². The second-order valence-corrected chi connectivity index (χ2v) is 11.2. The van der Waals surface area contributed by atoms with E-state index in [1.54, 1.807) is 0 Å². The Morgan fingerprint density at radius 2 is 0.886 bits per heavy atom. The first kappa shape index (κ1) is 33.9. The summed E-state index contributed by atoms with van der Waals surface area (Å²) in [4.78, 5) is 23.9. The van der Waals surface area contributed by atoms with Gasteiger partial charge in [0.25, 0.3) is 0 Å². The minimum absolute atomic E-state index is 0.0157. The van der Waals surface area contributed by atoms with E-state index < -0.39 is 0 Å². The molecule has 0 rings (SSSR count). The van der Waals surface area contributed by atoms with Crippen LogP contribution in [0.5, 0.6) is 0 Å². The zero-order chi connectivity index (χ0) is 26.2. The van der Waals surface area contributed by atoms with E-state index in [9.17, 15) is 9.59 Å². The quantitative estimate of drug-likeness (QED) is 0.0932. The predicted octanol–water partition coefficient (Wildman–Crippen LogP) is 9.58. The van der Waals surface area contributed by atoms with Crippen LogP contribution < -0.4 is 0 Å². The van der Waals surface area contributed by atoms with Crippen molar-refractivity contribution in [1.29, 1.82) is 0 Å². The molecule has 0 saturated carbocycles. The molecule has 0 aromatic carbocycles. The van der Waals surface area contributed by atoms with E-state index in [1.807, 2.05) is 0 Å². The Labute approximate surface area is 218 Å². The second-order valence-electron chi connectivity index (χ2n) is 11.2. The van der Waals surface area contributed by atoms with Crippen molar-refractivity contribution in [3.8, 4) is 0 Å². The zero-order valence-electron chi connectivity index (χ0n) is 24.2. The van der Waals surface area contributed by atoms with Crippen molar-refractivity contribution in [1.82, 2.24) is 0 Å². The fourth-order valence-electron chi connectivity index (χ4n) is 4.70. The molecule has 0 saturated heterocycles. The molecule has 0 aliphatic heterocycles. The SMILES string of the molecule is CCCCCCCCCCCCCCOC(=O)CCCCCCCCC(=O)OC(C(C)C)C(C)C. The number of esters is 2. The van der Waals surface area contributed by atoms with E-state index in [2.05, 4.69) is 34.6 Å². The standard InChI is InChI=1S/C31H60O4/c1-6-7-8-9-10-11-12-13-14-17-20-23-26-34-29(32)24-21-18-15-16-19-22-25-30(33)35-31(27(2)3)28(4)5/h27-28,31H,6-26H2,1-5H3. The number of rotatable bonds is 25. The van der Waals surface area contributed by atoms with Gasteiger partial charge < -0.3 is 9.47 Å². The minimum atomic E-state index is -0.0617. The Hall–Kier alpha value is -1.06. The Morgan fingerprint density at radius 3 is 1.31 bits per heavy atom. The molecule has 0 fully saturated rings. The maximum atomic E-state index is 12.0. The van der Waals surface area contributed by atoms with Crippen molar-refractivity contribution in [3.05, 3.63) is 0 Å². The molecule has 0 radical (unpaired) electrons. The largest absolute Gasteiger partial charge is 0.466 e. The summed E-state index contributed by atoms with van der Waals surface area (Å²) in [7, 11) is 0. The van der Waals surface area contributed by atoms with Gasteiger partial charge in [-0.1, -0.05) is 131 Å². The highest BCUT2D eigenvalue weighted by Crippen LogP contribution is 2.18. The van der Waals surface area contributed by atoms with Crippen molar-refractivity contribution >= 4 is 11.9 Å². The van der Waals surface area contributed by atoms with Crippen molar-refractivity contribution < 1.29 is 19.1 Å². The third-order valence-electron chi connectivity index (χ3n) is 6.85. The number of unbranched alkanes of at least 4 members (excludes halogenated alkanes) is 16. The number of carbonyl (C=O) groups excluding carboxylic acids is 2. The van der Waals surface area contributed by atoms with Gasteiger partial charge in [-0.15, -0.1) is 0 Å². The van der Waals surface area contributed by atoms with E-state index in [1.165, 1.54) is 70.6 Å². The molecule has 0 aliphatic carbocycles. The van der Waals surface area contributed by atoms with E-state index in [-0.39, 0.29) is 18.0 Å². The first-order valence-corrected chi connectivity index (χ1v) is 15.2. The van der Waals surface area contributed by atoms with Crippen LogP contribution in [0.2, 0.25) is 0 Å². The van der Waals surface area contributed by atoms with Crippen LogP contribution in [0.4, 0.5) is 0 Å². The lowest BCUT2D eigenvalue weighted by Crippen LogP contribution is -2.28. The smallest absolute Gasteiger partial charge is 0.306 e. The predicted molar refractivity (Wildman–Crippen MR) is 149 cm³/mol. The van der Waals surface area contributed by atoms with Crippen molar-refractivity contribution in [2.45, 2.75) is 169 Å². The number of hydrogen-bond acceptors (Lipinski definition) is 4. The van der Waals surface area contributed by atoms with E-state index >= 15 is 0 Å². The van der Waals surface area contributed by atoms with Crippen molar-refractivity contribution in [3.63, 3.8) is 0 Å². The maximum absolute atomic E-state index is 12.0. The lowest BCUT2D eigenvalue weighted by molar-refractivity contribution is -0.154. The van der Waals surface area contributed by atoms with Gasteiger partial charge in [0.15, 0.2) is 0 Å². The lowest BCUT2D eigenvalue weighted by atomic mass is 9.96. The summed E-state index contributed by atoms with van der Waals surface area (Å²) < 4.78 is 11.0. The Balaban J connectivity index is 3.39. The normalized spacial score (nSPS) is 11.5. The van der Waals surface area contributed by atoms with Crippen LogP contribution in [0.1, 0.15) is 163 Å². The topological polar surface area (TPSA) is 52.6 Å². The number of carbonyl (C=O) groups is 2. The van der Waals surface area contributed by atoms with Gasteiger partial charge in [0.2, 0.25) is 0 Å². The first-order valence-electron chi connectivity index (χ1n) is 15.2. The highest BCUT2D eigenvalue weighted by atomic mass is 16.5. The van der Waals surface area contributed by atoms with Gasteiger partial charge in [0.1, 0.15) is 6.10 Å². The van der Waals surface area contributed by atoms with Gasteiger partial charge in [0, 0.05) is 12.8 Å². The molecule has 0 aromatic heterocycles. The molecule has 35 heavy (non-hydrogen) atoms. The van der Waals surface area contributed by atoms with Crippen LogP contribution in [0.15, 0.2) is 0 Å². The maximum Gasteiger partial charge on any atom is 0.306 e. The second kappa shape index (κ2) is 24.6. The van der Waals surface area contributed by atoms with Crippen LogP contribution in [-0.4, -0.2) is 24.6 Å². The average molecular weight is 497 g/mol. The summed E-state index contributed by atoms with van der Waals surface area (Å²) in [5, 5.41) is 0. The fraction of sp³-hybridized carbons (Fsp3) is 0.935. The molecule has 0 spiro atoms. The fourth-order valence-corrected chi connectivity index (χ4v) is 4.70. The van der Waals surface area contributed by atoms with Crippen LogP contribution in [0.25, 0.3) is 0 Å². The molecule has 0 aromatic rings. The molecule has 4 heteroatoms. The van der Waals surface area contributed by atoms with Gasteiger partial charge in [0.05, 0.1) is 6.61 Å². The third kappa shape index (κ3) is 23.1. The zero-order valence-corrected chi connectivity index (χ0v) is 24.2. The summed E-state index contributed by atoms with van der Waals surface area (Å²) in [5.74, 6) is 0.611. The van der Waals surface area contributed by atoms with Crippen molar-refractivity contribution in [2.24, 2.45) is 11.8 Å². The number of ether oxygens (including phenoxy) is 2. The molecular weight excluding hydrogens is 436 g/mol. The summed E-state index contributed by atoms with van der Waals surface area (Å²) >= 11 is 0. The molecule has 4 nitrogen and oxygen atoms in total. The lowest BCUT2D eigenvalue weighted by Gasteiger charge is -2.24. The monoisotopic (exact) mass is 496 g/mol. The Bertz CT molecular complexity index is 478. The molecule has 0 amide bonds. The minimum Gasteiger partial charge on any atom is -0.466 e. The molecule has 0 unspecified atom stereocenters. The molecule has 0 atom stereocenters. The summed E-state index contributed by atoms with van der Waals surface area (Å²) in [6.45, 7) is 11.3. The molecule has 0 bridgehead atoms. The van der Waals surface area contributed by atoms with Crippen molar-refractivity contribution in [2.75, 3.05) is 6.61 Å². The van der Waals surface area contributed by atoms with E-state index in [0.29, 0.717) is 31.3 Å². The molecule has 0 heterocycles. The summed E-state index contributed by atoms with van der Waals surface area (Å²) in [5.41, 5.74) is 0. The van der Waals surface area contributed by atoms with Gasteiger partial charge in [-0.05, 0) is 31.1 Å². The van der Waals surface area contributed by atoms with Crippen LogP contribution in [-0.2, 0) is 19.1 Å². The molecule has 208 valence electrons. The molecule has 0 N–H and O–H groups in total.